The normalized spacial score (nSPS) is 12.4. The molecule has 1 unspecified atom stereocenters. The zero-order valence-corrected chi connectivity index (χ0v) is 11.5. The molecule has 1 atom stereocenters. The number of carbonyl (C=O) groups is 1. The standard InChI is InChI=1S/C13H12INO2/c1-8(14)13(16)17-11-7-6-9-4-2-3-5-10(9)12(11)15/h2-8H,15H2,1H3. The zero-order valence-electron chi connectivity index (χ0n) is 9.31. The fourth-order valence-corrected chi connectivity index (χ4v) is 1.68. The van der Waals surface area contributed by atoms with Gasteiger partial charge in [0.2, 0.25) is 0 Å². The Hall–Kier alpha value is -1.30. The van der Waals surface area contributed by atoms with Gasteiger partial charge in [-0.1, -0.05) is 52.9 Å². The van der Waals surface area contributed by atoms with Gasteiger partial charge in [0.25, 0.3) is 0 Å². The minimum Gasteiger partial charge on any atom is -0.424 e. The van der Waals surface area contributed by atoms with Crippen LogP contribution < -0.4 is 10.5 Å². The summed E-state index contributed by atoms with van der Waals surface area (Å²) in [5.41, 5.74) is 6.50. The van der Waals surface area contributed by atoms with E-state index in [0.717, 1.165) is 10.8 Å². The number of fused-ring (bicyclic) bond motifs is 1. The summed E-state index contributed by atoms with van der Waals surface area (Å²) in [7, 11) is 0. The van der Waals surface area contributed by atoms with E-state index in [1.54, 1.807) is 13.0 Å². The summed E-state index contributed by atoms with van der Waals surface area (Å²) >= 11 is 2.01. The van der Waals surface area contributed by atoms with Crippen LogP contribution in [0.25, 0.3) is 10.8 Å². The van der Waals surface area contributed by atoms with Crippen molar-refractivity contribution in [2.45, 2.75) is 10.8 Å². The van der Waals surface area contributed by atoms with Gasteiger partial charge in [-0.05, 0) is 18.4 Å². The lowest BCUT2D eigenvalue weighted by molar-refractivity contribution is -0.133. The molecule has 0 fully saturated rings. The zero-order chi connectivity index (χ0) is 12.4. The van der Waals surface area contributed by atoms with Crippen LogP contribution >= 0.6 is 22.6 Å². The van der Waals surface area contributed by atoms with Gasteiger partial charge in [0, 0.05) is 5.39 Å². The number of nitrogen functional groups attached to an aromatic ring is 1. The Balaban J connectivity index is 2.43. The van der Waals surface area contributed by atoms with E-state index < -0.39 is 0 Å². The summed E-state index contributed by atoms with van der Waals surface area (Å²) in [6, 6.07) is 11.4. The summed E-state index contributed by atoms with van der Waals surface area (Å²) in [5.74, 6) is 0.143. The predicted molar refractivity (Wildman–Crippen MR) is 77.5 cm³/mol. The molecule has 0 heterocycles. The highest BCUT2D eigenvalue weighted by Crippen LogP contribution is 2.30. The number of nitrogens with two attached hydrogens (primary N) is 1. The largest absolute Gasteiger partial charge is 0.424 e. The average molecular weight is 341 g/mol. The number of carbonyl (C=O) groups excluding carboxylic acids is 1. The Bertz CT molecular complexity index is 566. The molecule has 17 heavy (non-hydrogen) atoms. The lowest BCUT2D eigenvalue weighted by atomic mass is 10.1. The number of rotatable bonds is 2. The van der Waals surface area contributed by atoms with Crippen LogP contribution in [0.1, 0.15) is 6.92 Å². The van der Waals surface area contributed by atoms with Crippen molar-refractivity contribution in [2.24, 2.45) is 0 Å². The molecule has 0 aliphatic carbocycles. The SMILES string of the molecule is CC(I)C(=O)Oc1ccc2ccccc2c1N. The maximum Gasteiger partial charge on any atom is 0.324 e. The number of halogens is 1. The first-order valence-corrected chi connectivity index (χ1v) is 6.47. The van der Waals surface area contributed by atoms with Crippen LogP contribution in [0.5, 0.6) is 5.75 Å². The summed E-state index contributed by atoms with van der Waals surface area (Å²) in [5, 5.41) is 1.94. The molecule has 2 aromatic rings. The molecule has 0 spiro atoms. The molecule has 4 heteroatoms. The van der Waals surface area contributed by atoms with Crippen LogP contribution in [0.15, 0.2) is 36.4 Å². The van der Waals surface area contributed by atoms with E-state index in [0.29, 0.717) is 11.4 Å². The molecule has 0 amide bonds. The Labute approximate surface area is 113 Å². The van der Waals surface area contributed by atoms with Gasteiger partial charge in [-0.2, -0.15) is 0 Å². The minimum absolute atomic E-state index is 0.196. The number of anilines is 1. The molecular weight excluding hydrogens is 329 g/mol. The fourth-order valence-electron chi connectivity index (χ4n) is 1.55. The van der Waals surface area contributed by atoms with Crippen molar-refractivity contribution in [1.82, 2.24) is 0 Å². The maximum absolute atomic E-state index is 11.5. The molecule has 0 aliphatic rings. The Morgan fingerprint density at radius 1 is 1.29 bits per heavy atom. The minimum atomic E-state index is -0.285. The number of benzene rings is 2. The van der Waals surface area contributed by atoms with Gasteiger partial charge in [0.1, 0.15) is 3.92 Å². The van der Waals surface area contributed by atoms with Gasteiger partial charge in [-0.3, -0.25) is 4.79 Å². The third-order valence-corrected chi connectivity index (χ3v) is 2.97. The lowest BCUT2D eigenvalue weighted by Gasteiger charge is -2.10. The van der Waals surface area contributed by atoms with Crippen molar-refractivity contribution in [2.75, 3.05) is 5.73 Å². The maximum atomic E-state index is 11.5. The van der Waals surface area contributed by atoms with Gasteiger partial charge < -0.3 is 10.5 Å². The first-order valence-electron chi connectivity index (χ1n) is 5.22. The van der Waals surface area contributed by atoms with Crippen LogP contribution in [-0.4, -0.2) is 9.89 Å². The quantitative estimate of drug-likeness (QED) is 0.300. The van der Waals surface area contributed by atoms with Crippen LogP contribution in [-0.2, 0) is 4.79 Å². The second-order valence-corrected chi connectivity index (χ2v) is 5.60. The monoisotopic (exact) mass is 341 g/mol. The first-order chi connectivity index (χ1) is 8.09. The van der Waals surface area contributed by atoms with Crippen molar-refractivity contribution >= 4 is 45.0 Å². The van der Waals surface area contributed by atoms with Crippen LogP contribution in [0.4, 0.5) is 5.69 Å². The van der Waals surface area contributed by atoms with E-state index in [4.69, 9.17) is 10.5 Å². The Morgan fingerprint density at radius 2 is 2.00 bits per heavy atom. The summed E-state index contributed by atoms with van der Waals surface area (Å²) in [4.78, 5) is 11.5. The van der Waals surface area contributed by atoms with Gasteiger partial charge in [-0.15, -0.1) is 0 Å². The third-order valence-electron chi connectivity index (χ3n) is 2.47. The molecule has 3 nitrogen and oxygen atoms in total. The molecule has 0 radical (unpaired) electrons. The predicted octanol–water partition coefficient (Wildman–Crippen LogP) is 3.15. The van der Waals surface area contributed by atoms with Crippen molar-refractivity contribution < 1.29 is 9.53 Å². The molecule has 0 aliphatic heterocycles. The van der Waals surface area contributed by atoms with Crippen molar-refractivity contribution in [3.05, 3.63) is 36.4 Å². The number of hydrogen-bond acceptors (Lipinski definition) is 3. The van der Waals surface area contributed by atoms with Gasteiger partial charge >= 0.3 is 5.97 Å². The van der Waals surface area contributed by atoms with E-state index in [1.165, 1.54) is 0 Å². The van der Waals surface area contributed by atoms with Crippen LogP contribution in [0.2, 0.25) is 0 Å². The van der Waals surface area contributed by atoms with Gasteiger partial charge in [0.15, 0.2) is 5.75 Å². The highest BCUT2D eigenvalue weighted by molar-refractivity contribution is 14.1. The summed E-state index contributed by atoms with van der Waals surface area (Å²) in [6.45, 7) is 1.78. The molecule has 2 aromatic carbocycles. The van der Waals surface area contributed by atoms with Crippen LogP contribution in [0, 0.1) is 0 Å². The average Bonchev–Trinajstić information content (AvgIpc) is 2.33. The molecule has 0 bridgehead atoms. The smallest absolute Gasteiger partial charge is 0.324 e. The highest BCUT2D eigenvalue weighted by Gasteiger charge is 2.14. The number of alkyl halides is 1. The third kappa shape index (κ3) is 2.52. The second-order valence-electron chi connectivity index (χ2n) is 3.74. The number of hydrogen-bond donors (Lipinski definition) is 1. The van der Waals surface area contributed by atoms with Crippen molar-refractivity contribution in [3.63, 3.8) is 0 Å². The Morgan fingerprint density at radius 3 is 2.71 bits per heavy atom. The molecule has 2 rings (SSSR count). The summed E-state index contributed by atoms with van der Waals surface area (Å²) < 4.78 is 5.05. The van der Waals surface area contributed by atoms with E-state index in [9.17, 15) is 4.79 Å². The van der Waals surface area contributed by atoms with Crippen LogP contribution in [0.3, 0.4) is 0 Å². The first kappa shape index (κ1) is 12.2. The molecule has 0 saturated carbocycles. The van der Waals surface area contributed by atoms with Crippen molar-refractivity contribution in [3.8, 4) is 5.75 Å². The molecule has 0 saturated heterocycles. The number of ether oxygens (including phenoxy) is 1. The van der Waals surface area contributed by atoms with E-state index in [2.05, 4.69) is 0 Å². The second kappa shape index (κ2) is 4.91. The topological polar surface area (TPSA) is 52.3 Å². The van der Waals surface area contributed by atoms with Gasteiger partial charge in [0.05, 0.1) is 5.69 Å². The molecule has 0 aromatic heterocycles. The van der Waals surface area contributed by atoms with E-state index in [1.807, 2.05) is 52.9 Å². The Kier molecular flexibility index (Phi) is 3.51. The van der Waals surface area contributed by atoms with Crippen molar-refractivity contribution in [1.29, 1.82) is 0 Å². The summed E-state index contributed by atoms with van der Waals surface area (Å²) in [6.07, 6.45) is 0. The molecular formula is C13H12INO2. The molecule has 2 N–H and O–H groups in total. The number of esters is 1. The van der Waals surface area contributed by atoms with E-state index in [-0.39, 0.29) is 9.89 Å². The lowest BCUT2D eigenvalue weighted by Crippen LogP contribution is -2.17. The highest BCUT2D eigenvalue weighted by atomic mass is 127. The van der Waals surface area contributed by atoms with Gasteiger partial charge in [-0.25, -0.2) is 0 Å². The fraction of sp³-hybridized carbons (Fsp3) is 0.154. The molecule has 88 valence electrons. The van der Waals surface area contributed by atoms with E-state index >= 15 is 0 Å².